The van der Waals surface area contributed by atoms with Crippen LogP contribution in [0.1, 0.15) is 5.69 Å². The van der Waals surface area contributed by atoms with E-state index in [1.165, 1.54) is 0 Å². The van der Waals surface area contributed by atoms with Crippen molar-refractivity contribution in [2.24, 2.45) is 0 Å². The number of halogens is 3. The Morgan fingerprint density at radius 2 is 2.11 bits per heavy atom. The normalized spacial score (nSPS) is 10.7. The Bertz CT molecular complexity index is 545. The van der Waals surface area contributed by atoms with E-state index >= 15 is 0 Å². The molecule has 0 N–H and O–H groups in total. The van der Waals surface area contributed by atoms with Crippen molar-refractivity contribution in [3.8, 4) is 5.75 Å². The van der Waals surface area contributed by atoms with Crippen LogP contribution in [0.5, 0.6) is 5.75 Å². The molecule has 2 rings (SSSR count). The molecule has 0 bridgehead atoms. The number of alkyl halides is 1. The Hall–Kier alpha value is -0.970. The summed E-state index contributed by atoms with van der Waals surface area (Å²) in [6.07, 6.45) is 2.57. The largest absolute Gasteiger partial charge is 0.490 e. The summed E-state index contributed by atoms with van der Waals surface area (Å²) in [5, 5.41) is 9.04. The van der Waals surface area contributed by atoms with Gasteiger partial charge in [-0.2, -0.15) is 0 Å². The van der Waals surface area contributed by atoms with Gasteiger partial charge in [0.2, 0.25) is 0 Å². The topological polar surface area (TPSA) is 39.9 Å². The molecule has 1 aromatic heterocycles. The average molecular weight is 321 g/mol. The van der Waals surface area contributed by atoms with Gasteiger partial charge < -0.3 is 4.74 Å². The van der Waals surface area contributed by atoms with Crippen LogP contribution in [0.2, 0.25) is 10.0 Å². The van der Waals surface area contributed by atoms with Gasteiger partial charge in [-0.25, -0.2) is 4.68 Å². The molecule has 0 atom stereocenters. The maximum absolute atomic E-state index is 6.00. The maximum atomic E-state index is 6.00. The third-order valence-corrected chi connectivity index (χ3v) is 3.13. The molecular formula is C12H12Cl3N3O. The van der Waals surface area contributed by atoms with E-state index in [1.54, 1.807) is 22.9 Å². The van der Waals surface area contributed by atoms with Crippen LogP contribution >= 0.6 is 34.8 Å². The van der Waals surface area contributed by atoms with Crippen LogP contribution in [0, 0.1) is 0 Å². The highest BCUT2D eigenvalue weighted by atomic mass is 35.5. The molecule has 0 aliphatic rings. The van der Waals surface area contributed by atoms with Crippen molar-refractivity contribution in [1.29, 1.82) is 0 Å². The van der Waals surface area contributed by atoms with Crippen molar-refractivity contribution in [3.63, 3.8) is 0 Å². The molecule has 0 saturated carbocycles. The molecule has 0 amide bonds. The van der Waals surface area contributed by atoms with Gasteiger partial charge in [-0.15, -0.1) is 16.7 Å². The first-order chi connectivity index (χ1) is 9.19. The molecule has 19 heavy (non-hydrogen) atoms. The highest BCUT2D eigenvalue weighted by molar-refractivity contribution is 6.35. The smallest absolute Gasteiger partial charge is 0.138 e. The third kappa shape index (κ3) is 4.27. The number of nitrogens with zero attached hydrogens (tertiary/aromatic N) is 3. The van der Waals surface area contributed by atoms with E-state index in [4.69, 9.17) is 39.5 Å². The Kier molecular flexibility index (Phi) is 5.31. The first-order valence-corrected chi connectivity index (χ1v) is 7.01. The number of aromatic nitrogens is 3. The molecule has 2 aromatic rings. The molecule has 4 nitrogen and oxygen atoms in total. The number of hydrogen-bond donors (Lipinski definition) is 0. The first kappa shape index (κ1) is 14.4. The van der Waals surface area contributed by atoms with Crippen molar-refractivity contribution < 1.29 is 4.74 Å². The van der Waals surface area contributed by atoms with Crippen molar-refractivity contribution >= 4 is 34.8 Å². The molecule has 102 valence electrons. The predicted octanol–water partition coefficient (Wildman–Crippen LogP) is 3.45. The van der Waals surface area contributed by atoms with E-state index in [2.05, 4.69) is 10.3 Å². The molecule has 1 aromatic carbocycles. The van der Waals surface area contributed by atoms with Crippen LogP contribution in [-0.2, 0) is 13.0 Å². The minimum Gasteiger partial charge on any atom is -0.490 e. The van der Waals surface area contributed by atoms with Gasteiger partial charge >= 0.3 is 0 Å². The van der Waals surface area contributed by atoms with Gasteiger partial charge in [0.15, 0.2) is 0 Å². The lowest BCUT2D eigenvalue weighted by molar-refractivity contribution is 0.290. The molecule has 7 heteroatoms. The zero-order chi connectivity index (χ0) is 13.7. The van der Waals surface area contributed by atoms with Crippen LogP contribution in [0.3, 0.4) is 0 Å². The second-order valence-corrected chi connectivity index (χ2v) is 5.06. The summed E-state index contributed by atoms with van der Waals surface area (Å²) in [7, 11) is 0. The summed E-state index contributed by atoms with van der Waals surface area (Å²) < 4.78 is 7.27. The summed E-state index contributed by atoms with van der Waals surface area (Å²) >= 11 is 17.4. The van der Waals surface area contributed by atoms with Gasteiger partial charge in [0.1, 0.15) is 12.4 Å². The Balaban J connectivity index is 1.85. The van der Waals surface area contributed by atoms with Gasteiger partial charge in [0.05, 0.1) is 17.3 Å². The minimum absolute atomic E-state index is 0.449. The second-order valence-electron chi connectivity index (χ2n) is 3.84. The van der Waals surface area contributed by atoms with E-state index < -0.39 is 0 Å². The number of aryl methyl sites for hydroxylation is 1. The van der Waals surface area contributed by atoms with Crippen molar-refractivity contribution in [2.75, 3.05) is 12.5 Å². The third-order valence-electron chi connectivity index (χ3n) is 2.41. The highest BCUT2D eigenvalue weighted by Crippen LogP contribution is 2.27. The van der Waals surface area contributed by atoms with Gasteiger partial charge in [0, 0.05) is 23.5 Å². The standard InChI is InChI=1S/C12H12Cl3N3O/c13-4-3-10-8-18(17-16-10)5-6-19-12-2-1-9(14)7-11(12)15/h1-2,7-8H,3-6H2. The quantitative estimate of drug-likeness (QED) is 0.765. The van der Waals surface area contributed by atoms with E-state index in [-0.39, 0.29) is 0 Å². The van der Waals surface area contributed by atoms with Crippen LogP contribution in [0.25, 0.3) is 0 Å². The van der Waals surface area contributed by atoms with Crippen molar-refractivity contribution in [1.82, 2.24) is 15.0 Å². The van der Waals surface area contributed by atoms with E-state index in [1.807, 2.05) is 6.20 Å². The van der Waals surface area contributed by atoms with Gasteiger partial charge in [-0.1, -0.05) is 28.4 Å². The van der Waals surface area contributed by atoms with Crippen molar-refractivity contribution in [2.45, 2.75) is 13.0 Å². The average Bonchev–Trinajstić information content (AvgIpc) is 2.80. The van der Waals surface area contributed by atoms with E-state index in [0.717, 1.165) is 5.69 Å². The number of rotatable bonds is 6. The maximum Gasteiger partial charge on any atom is 0.138 e. The lowest BCUT2D eigenvalue weighted by Gasteiger charge is -2.07. The second kappa shape index (κ2) is 6.98. The summed E-state index contributed by atoms with van der Waals surface area (Å²) in [6, 6.07) is 5.12. The van der Waals surface area contributed by atoms with Crippen LogP contribution in [0.4, 0.5) is 0 Å². The van der Waals surface area contributed by atoms with E-state index in [9.17, 15) is 0 Å². The zero-order valence-corrected chi connectivity index (χ0v) is 12.3. The summed E-state index contributed by atoms with van der Waals surface area (Å²) in [5.74, 6) is 1.14. The van der Waals surface area contributed by atoms with Crippen molar-refractivity contribution in [3.05, 3.63) is 40.1 Å². The number of benzene rings is 1. The molecule has 0 radical (unpaired) electrons. The van der Waals surface area contributed by atoms with Gasteiger partial charge in [-0.3, -0.25) is 0 Å². The highest BCUT2D eigenvalue weighted by Gasteiger charge is 2.03. The Morgan fingerprint density at radius 3 is 2.84 bits per heavy atom. The lowest BCUT2D eigenvalue weighted by Crippen LogP contribution is -2.09. The molecule has 1 heterocycles. The van der Waals surface area contributed by atoms with E-state index in [0.29, 0.717) is 41.2 Å². The molecule has 0 unspecified atom stereocenters. The number of ether oxygens (including phenoxy) is 1. The summed E-state index contributed by atoms with van der Waals surface area (Å²) in [4.78, 5) is 0. The minimum atomic E-state index is 0.449. The molecule has 0 saturated heterocycles. The Morgan fingerprint density at radius 1 is 1.26 bits per heavy atom. The van der Waals surface area contributed by atoms with Crippen LogP contribution in [0.15, 0.2) is 24.4 Å². The predicted molar refractivity (Wildman–Crippen MR) is 76.4 cm³/mol. The van der Waals surface area contributed by atoms with Crippen LogP contribution in [-0.4, -0.2) is 27.5 Å². The number of hydrogen-bond acceptors (Lipinski definition) is 3. The monoisotopic (exact) mass is 319 g/mol. The Labute approximate surface area is 126 Å². The zero-order valence-electron chi connectivity index (χ0n) is 10.0. The van der Waals surface area contributed by atoms with Gasteiger partial charge in [-0.05, 0) is 18.2 Å². The van der Waals surface area contributed by atoms with Gasteiger partial charge in [0.25, 0.3) is 0 Å². The summed E-state index contributed by atoms with van der Waals surface area (Å²) in [6.45, 7) is 1.04. The van der Waals surface area contributed by atoms with Crippen LogP contribution < -0.4 is 4.74 Å². The fourth-order valence-corrected chi connectivity index (χ4v) is 2.16. The molecular weight excluding hydrogens is 309 g/mol. The fraction of sp³-hybridized carbons (Fsp3) is 0.333. The molecule has 0 fully saturated rings. The SMILES string of the molecule is ClCCc1cn(CCOc2ccc(Cl)cc2Cl)nn1. The molecule has 0 spiro atoms. The summed E-state index contributed by atoms with van der Waals surface area (Å²) in [5.41, 5.74) is 0.875. The molecule has 0 aliphatic carbocycles. The first-order valence-electron chi connectivity index (χ1n) is 5.72. The molecule has 0 aliphatic heterocycles. The fourth-order valence-electron chi connectivity index (χ4n) is 1.50. The lowest BCUT2D eigenvalue weighted by atomic mass is 10.3.